The topological polar surface area (TPSA) is 33.1 Å². The number of fused-ring (bicyclic) bond motifs is 4. The van der Waals surface area contributed by atoms with E-state index in [9.17, 15) is 8.78 Å². The number of halogens is 2. The summed E-state index contributed by atoms with van der Waals surface area (Å²) in [4.78, 5) is 4.90. The fraction of sp³-hybridized carbons (Fsp3) is 0.182. The van der Waals surface area contributed by atoms with E-state index >= 15 is 0 Å². The van der Waals surface area contributed by atoms with Crippen molar-refractivity contribution in [3.05, 3.63) is 217 Å². The number of benzene rings is 8. The number of hydrogen-bond donors (Lipinski definition) is 0. The predicted octanol–water partition coefficient (Wildman–Crippen LogP) is 17.6. The van der Waals surface area contributed by atoms with E-state index in [-0.39, 0.29) is 48.9 Å². The Balaban J connectivity index is 0.00000626. The monoisotopic (exact) mass is 1150 g/mol. The third-order valence-corrected chi connectivity index (χ3v) is 13.8. The van der Waals surface area contributed by atoms with Crippen LogP contribution in [0.25, 0.3) is 61.0 Å². The summed E-state index contributed by atoms with van der Waals surface area (Å²) in [6.07, 6.45) is 1.88. The van der Waals surface area contributed by atoms with Gasteiger partial charge in [0.15, 0.2) is 0 Å². The second kappa shape index (κ2) is 19.0. The molecule has 3 heterocycles. The molecule has 0 atom stereocenters. The van der Waals surface area contributed by atoms with Gasteiger partial charge in [-0.05, 0) is 114 Å². The molecular weight excluding hydrogens is 1100 g/mol. The molecular formula is C66H56F2N4OPt+2. The number of pyridine rings is 1. The first-order valence-electron chi connectivity index (χ1n) is 24.8. The van der Waals surface area contributed by atoms with Gasteiger partial charge in [-0.3, -0.25) is 0 Å². The van der Waals surface area contributed by atoms with Crippen LogP contribution in [0.2, 0.25) is 0 Å². The van der Waals surface area contributed by atoms with Gasteiger partial charge in [0.05, 0.1) is 11.1 Å². The molecule has 1 aliphatic heterocycles. The van der Waals surface area contributed by atoms with Crippen LogP contribution in [0.3, 0.4) is 0 Å². The van der Waals surface area contributed by atoms with E-state index in [0.29, 0.717) is 17.2 Å². The van der Waals surface area contributed by atoms with Crippen molar-refractivity contribution in [2.45, 2.75) is 78.6 Å². The Kier molecular flexibility index (Phi) is 12.9. The van der Waals surface area contributed by atoms with Gasteiger partial charge in [0, 0.05) is 35.3 Å². The Labute approximate surface area is 447 Å². The third kappa shape index (κ3) is 9.36. The summed E-state index contributed by atoms with van der Waals surface area (Å²) in [5.74, 6) is 1.18. The van der Waals surface area contributed by atoms with E-state index in [4.69, 9.17) is 9.72 Å². The van der Waals surface area contributed by atoms with Crippen molar-refractivity contribution in [2.24, 2.45) is 0 Å². The van der Waals surface area contributed by atoms with E-state index in [1.54, 1.807) is 0 Å². The number of rotatable bonds is 8. The van der Waals surface area contributed by atoms with E-state index < -0.39 is 0 Å². The van der Waals surface area contributed by atoms with Crippen LogP contribution in [0.5, 0.6) is 11.5 Å². The minimum atomic E-state index is -0.323. The van der Waals surface area contributed by atoms with Crippen LogP contribution in [0.15, 0.2) is 176 Å². The number of nitrogens with zero attached hydrogens (tertiary/aromatic N) is 4. The van der Waals surface area contributed by atoms with Gasteiger partial charge in [-0.25, -0.2) is 13.8 Å². The van der Waals surface area contributed by atoms with Gasteiger partial charge in [-0.1, -0.05) is 163 Å². The van der Waals surface area contributed by atoms with Gasteiger partial charge >= 0.3 is 27.1 Å². The van der Waals surface area contributed by atoms with Gasteiger partial charge in [-0.15, -0.1) is 29.1 Å². The second-order valence-electron chi connectivity index (χ2n) is 22.0. The fourth-order valence-corrected chi connectivity index (χ4v) is 9.96. The molecule has 0 radical (unpaired) electrons. The Morgan fingerprint density at radius 2 is 1.11 bits per heavy atom. The Bertz CT molecular complexity index is 3820. The molecule has 74 heavy (non-hydrogen) atoms. The summed E-state index contributed by atoms with van der Waals surface area (Å²) >= 11 is 0. The van der Waals surface area contributed by atoms with Crippen molar-refractivity contribution in [1.82, 2.24) is 18.7 Å². The molecule has 0 N–H and O–H groups in total. The first-order valence-corrected chi connectivity index (χ1v) is 24.8. The molecule has 11 rings (SSSR count). The van der Waals surface area contributed by atoms with E-state index in [0.717, 1.165) is 83.6 Å². The number of para-hydroxylation sites is 3. The van der Waals surface area contributed by atoms with Crippen molar-refractivity contribution in [1.29, 1.82) is 0 Å². The average molecular weight is 1150 g/mol. The molecule has 1 aliphatic rings. The summed E-state index contributed by atoms with van der Waals surface area (Å²) in [6.45, 7) is 19.8. The van der Waals surface area contributed by atoms with E-state index in [2.05, 4.69) is 193 Å². The van der Waals surface area contributed by atoms with Gasteiger partial charge in [0.1, 0.15) is 23.1 Å². The quantitative estimate of drug-likeness (QED) is 0.112. The largest absolute Gasteiger partial charge is 2.00 e. The Morgan fingerprint density at radius 3 is 1.74 bits per heavy atom. The van der Waals surface area contributed by atoms with Crippen molar-refractivity contribution < 1.29 is 34.6 Å². The van der Waals surface area contributed by atoms with Crippen molar-refractivity contribution in [3.63, 3.8) is 0 Å². The van der Waals surface area contributed by atoms with E-state index in [1.165, 1.54) is 35.4 Å². The third-order valence-electron chi connectivity index (χ3n) is 13.8. The molecule has 0 aliphatic carbocycles. The molecule has 5 nitrogen and oxygen atoms in total. The van der Waals surface area contributed by atoms with Gasteiger partial charge in [-0.2, -0.15) is 6.07 Å². The number of aromatic nitrogens is 2. The van der Waals surface area contributed by atoms with Gasteiger partial charge in [0.2, 0.25) is 5.69 Å². The molecule has 0 amide bonds. The summed E-state index contributed by atoms with van der Waals surface area (Å²) in [7, 11) is 0. The van der Waals surface area contributed by atoms with E-state index in [1.807, 2.05) is 53.2 Å². The normalized spacial score (nSPS) is 12.6. The molecule has 368 valence electrons. The van der Waals surface area contributed by atoms with Crippen LogP contribution in [-0.2, 0) is 37.3 Å². The van der Waals surface area contributed by atoms with Gasteiger partial charge < -0.3 is 9.30 Å². The van der Waals surface area contributed by atoms with Crippen molar-refractivity contribution >= 4 is 50.6 Å². The maximum Gasteiger partial charge on any atom is 2.00 e. The second-order valence-corrected chi connectivity index (χ2v) is 22.0. The van der Waals surface area contributed by atoms with Crippen LogP contribution in [0.4, 0.5) is 31.5 Å². The molecule has 0 spiro atoms. The zero-order chi connectivity index (χ0) is 51.0. The van der Waals surface area contributed by atoms with Crippen LogP contribution in [-0.4, -0.2) is 15.6 Å². The fourth-order valence-electron chi connectivity index (χ4n) is 9.96. The minimum Gasteiger partial charge on any atom is -0.509 e. The van der Waals surface area contributed by atoms with Crippen LogP contribution in [0.1, 0.15) is 79.0 Å². The molecule has 0 fully saturated rings. The number of hydrogen-bond acceptors (Lipinski definition) is 2. The molecule has 10 aromatic rings. The maximum absolute atomic E-state index is 14.7. The molecule has 0 unspecified atom stereocenters. The number of ether oxygens (including phenoxy) is 1. The Hall–Kier alpha value is -7.56. The first kappa shape index (κ1) is 50.0. The zero-order valence-corrected chi connectivity index (χ0v) is 45.3. The molecule has 0 bridgehead atoms. The summed E-state index contributed by atoms with van der Waals surface area (Å²) in [5, 5.41) is 2.14. The van der Waals surface area contributed by atoms with Crippen LogP contribution >= 0.6 is 0 Å². The maximum atomic E-state index is 14.7. The Morgan fingerprint density at radius 1 is 0.514 bits per heavy atom. The molecule has 8 heteroatoms. The average Bonchev–Trinajstić information content (AvgIpc) is 3.91. The zero-order valence-electron chi connectivity index (χ0n) is 43.0. The predicted molar refractivity (Wildman–Crippen MR) is 296 cm³/mol. The molecule has 0 saturated carbocycles. The molecule has 8 aromatic carbocycles. The van der Waals surface area contributed by atoms with Gasteiger partial charge in [0.25, 0.3) is 11.4 Å². The van der Waals surface area contributed by atoms with Crippen molar-refractivity contribution in [3.8, 4) is 50.7 Å². The molecule has 2 aromatic heterocycles. The first-order chi connectivity index (χ1) is 34.9. The molecule has 0 saturated heterocycles. The summed E-state index contributed by atoms with van der Waals surface area (Å²) < 4.78 is 42.6. The SMILES string of the molecule is CC(C)(C)c1ccnc(-n2c3[c-]c(Oc4[c-]c([N+]5=C=[N+](c6c(-c7ccc(F)cc7)cc(C(C)(C)C)cc6-c6ccc(F)cc6)c6ccccc65)cc(-c5ccccc5C(C)(C)C)c4)ccc3c3ccccc32)c1.[Pt+2]. The van der Waals surface area contributed by atoms with Crippen LogP contribution < -0.4 is 13.9 Å². The van der Waals surface area contributed by atoms with Crippen molar-refractivity contribution in [2.75, 3.05) is 0 Å². The minimum absolute atomic E-state index is 0. The summed E-state index contributed by atoms with van der Waals surface area (Å²) in [5.41, 5.74) is 13.5. The van der Waals surface area contributed by atoms with Crippen LogP contribution in [0, 0.1) is 23.8 Å². The standard InChI is InChI=1S/C66H56F2N4O.Pt/c1-64(2,3)45-32-33-69-62(38-45)72-58-19-13-11-17-53(58)54-31-30-50(40-61(54)72)73-51-35-44(52-16-10-12-18-57(52)66(7,8)9)34-49(39-51)70-41-71(60-21-15-14-20-59(60)70)63-55(42-22-26-47(67)27-23-42)36-46(65(4,5)6)37-56(63)43-24-28-48(68)29-25-43;/h10-38H,1-9H3;/q;+2. The smallest absolute Gasteiger partial charge is 0.509 e. The summed E-state index contributed by atoms with van der Waals surface area (Å²) in [6, 6.07) is 66.4.